The number of carbonyl (C=O) groups is 1. The zero-order valence-electron chi connectivity index (χ0n) is 20.1. The lowest BCUT2D eigenvalue weighted by Gasteiger charge is -2.23. The minimum absolute atomic E-state index is 0.0590. The highest BCUT2D eigenvalue weighted by Gasteiger charge is 2.33. The van der Waals surface area contributed by atoms with E-state index in [1.165, 1.54) is 0 Å². The van der Waals surface area contributed by atoms with Gasteiger partial charge in [-0.2, -0.15) is 5.26 Å². The minimum Gasteiger partial charge on any atom is -0.419 e. The Morgan fingerprint density at radius 2 is 2.08 bits per heavy atom. The topological polar surface area (TPSA) is 122 Å². The van der Waals surface area contributed by atoms with Crippen LogP contribution < -0.4 is 5.73 Å². The summed E-state index contributed by atoms with van der Waals surface area (Å²) >= 11 is 1.57. The number of nitrogens with zero attached hydrogens (tertiary/aromatic N) is 5. The number of likely N-dealkylation sites (tertiary alicyclic amines) is 1. The van der Waals surface area contributed by atoms with Crippen LogP contribution in [-0.2, 0) is 12.0 Å². The Morgan fingerprint density at radius 3 is 2.81 bits per heavy atom. The van der Waals surface area contributed by atoms with Crippen molar-refractivity contribution in [3.8, 4) is 17.5 Å². The molecule has 0 spiro atoms. The second-order valence-corrected chi connectivity index (χ2v) is 10.3. The van der Waals surface area contributed by atoms with Crippen molar-refractivity contribution in [1.29, 1.82) is 5.26 Å². The normalized spacial score (nSPS) is 17.1. The molecule has 4 aromatic rings. The lowest BCUT2D eigenvalue weighted by Crippen LogP contribution is -2.35. The van der Waals surface area contributed by atoms with Gasteiger partial charge in [0, 0.05) is 28.7 Å². The SMILES string of the molecule is Cc1csc([C@H]2CCCN2C(=O)c2cc(C#N)cc(-c3nnc([C@@](C)(N)Cc4ccccc4)o3)c2)n1. The third-order valence-corrected chi connectivity index (χ3v) is 7.38. The van der Waals surface area contributed by atoms with Crippen molar-refractivity contribution in [3.05, 3.63) is 87.2 Å². The summed E-state index contributed by atoms with van der Waals surface area (Å²) in [5, 5.41) is 21.0. The molecule has 5 rings (SSSR count). The predicted molar refractivity (Wildman–Crippen MR) is 136 cm³/mol. The summed E-state index contributed by atoms with van der Waals surface area (Å²) in [7, 11) is 0. The van der Waals surface area contributed by atoms with Crippen LogP contribution in [0.5, 0.6) is 0 Å². The molecule has 1 fully saturated rings. The molecule has 2 N–H and O–H groups in total. The van der Waals surface area contributed by atoms with Crippen molar-refractivity contribution in [2.75, 3.05) is 6.54 Å². The van der Waals surface area contributed by atoms with Crippen LogP contribution in [0.3, 0.4) is 0 Å². The Hall–Kier alpha value is -3.87. The van der Waals surface area contributed by atoms with Crippen molar-refractivity contribution in [3.63, 3.8) is 0 Å². The number of benzene rings is 2. The summed E-state index contributed by atoms with van der Waals surface area (Å²) in [6.45, 7) is 4.43. The van der Waals surface area contributed by atoms with Crippen LogP contribution in [0.25, 0.3) is 11.5 Å². The van der Waals surface area contributed by atoms with Crippen molar-refractivity contribution >= 4 is 17.2 Å². The van der Waals surface area contributed by atoms with Crippen LogP contribution in [0.2, 0.25) is 0 Å². The van der Waals surface area contributed by atoms with Crippen LogP contribution >= 0.6 is 11.3 Å². The first kappa shape index (κ1) is 23.9. The Labute approximate surface area is 213 Å². The molecule has 2 aromatic carbocycles. The van der Waals surface area contributed by atoms with E-state index in [1.807, 2.05) is 54.5 Å². The molecule has 2 atom stereocenters. The van der Waals surface area contributed by atoms with Gasteiger partial charge in [-0.05, 0) is 56.9 Å². The second-order valence-electron chi connectivity index (χ2n) is 9.39. The van der Waals surface area contributed by atoms with Gasteiger partial charge in [-0.25, -0.2) is 4.98 Å². The Balaban J connectivity index is 1.43. The zero-order chi connectivity index (χ0) is 25.3. The number of carbonyl (C=O) groups excluding carboxylic acids is 1. The number of nitriles is 1. The van der Waals surface area contributed by atoms with Gasteiger partial charge in [0.25, 0.3) is 5.91 Å². The van der Waals surface area contributed by atoms with Crippen molar-refractivity contribution in [2.45, 2.75) is 44.7 Å². The van der Waals surface area contributed by atoms with Crippen LogP contribution in [0, 0.1) is 18.3 Å². The molecule has 1 saturated heterocycles. The summed E-state index contributed by atoms with van der Waals surface area (Å²) in [6, 6.07) is 16.9. The average Bonchev–Trinajstić information content (AvgIpc) is 3.64. The first-order valence-electron chi connectivity index (χ1n) is 11.8. The molecule has 0 bridgehead atoms. The number of aromatic nitrogens is 3. The van der Waals surface area contributed by atoms with Crippen LogP contribution in [0.4, 0.5) is 0 Å². The molecule has 0 unspecified atom stereocenters. The predicted octanol–water partition coefficient (Wildman–Crippen LogP) is 4.77. The maximum atomic E-state index is 13.6. The van der Waals surface area contributed by atoms with Gasteiger partial charge in [-0.3, -0.25) is 4.79 Å². The summed E-state index contributed by atoms with van der Waals surface area (Å²) < 4.78 is 5.97. The van der Waals surface area contributed by atoms with Gasteiger partial charge in [-0.15, -0.1) is 21.5 Å². The Bertz CT molecular complexity index is 1440. The molecule has 36 heavy (non-hydrogen) atoms. The van der Waals surface area contributed by atoms with Crippen molar-refractivity contribution in [2.24, 2.45) is 5.73 Å². The highest BCUT2D eigenvalue weighted by atomic mass is 32.1. The molecular formula is C27H26N6O2S. The number of aryl methyl sites for hydroxylation is 1. The highest BCUT2D eigenvalue weighted by molar-refractivity contribution is 7.09. The molecule has 8 nitrogen and oxygen atoms in total. The number of hydrogen-bond donors (Lipinski definition) is 1. The average molecular weight is 499 g/mol. The van der Waals surface area contributed by atoms with E-state index >= 15 is 0 Å². The summed E-state index contributed by atoms with van der Waals surface area (Å²) in [5.74, 6) is 0.362. The molecule has 1 aliphatic rings. The Kier molecular flexibility index (Phi) is 6.39. The fourth-order valence-corrected chi connectivity index (χ4v) is 5.51. The lowest BCUT2D eigenvalue weighted by atomic mass is 9.94. The maximum Gasteiger partial charge on any atom is 0.254 e. The van der Waals surface area contributed by atoms with Gasteiger partial charge in [0.05, 0.1) is 23.2 Å². The van der Waals surface area contributed by atoms with Crippen LogP contribution in [-0.4, -0.2) is 32.5 Å². The van der Waals surface area contributed by atoms with Gasteiger partial charge < -0.3 is 15.1 Å². The number of thiazole rings is 1. The Morgan fingerprint density at radius 1 is 1.28 bits per heavy atom. The van der Waals surface area contributed by atoms with E-state index in [0.717, 1.165) is 29.1 Å². The summed E-state index contributed by atoms with van der Waals surface area (Å²) in [4.78, 5) is 20.0. The van der Waals surface area contributed by atoms with Crippen molar-refractivity contribution in [1.82, 2.24) is 20.1 Å². The van der Waals surface area contributed by atoms with Crippen LogP contribution in [0.1, 0.15) is 63.9 Å². The van der Waals surface area contributed by atoms with Gasteiger partial charge in [-0.1, -0.05) is 30.3 Å². The molecule has 1 amide bonds. The van der Waals surface area contributed by atoms with Gasteiger partial charge in [0.15, 0.2) is 0 Å². The maximum absolute atomic E-state index is 13.6. The quantitative estimate of drug-likeness (QED) is 0.406. The van der Waals surface area contributed by atoms with E-state index in [2.05, 4.69) is 21.3 Å². The number of nitrogens with two attached hydrogens (primary N) is 1. The fraction of sp³-hybridized carbons (Fsp3) is 0.296. The molecule has 1 aliphatic heterocycles. The van der Waals surface area contributed by atoms with Gasteiger partial charge >= 0.3 is 0 Å². The largest absolute Gasteiger partial charge is 0.419 e. The molecule has 9 heteroatoms. The number of rotatable bonds is 6. The summed E-state index contributed by atoms with van der Waals surface area (Å²) in [5.41, 5.74) is 8.92. The molecular weight excluding hydrogens is 472 g/mol. The van der Waals surface area contributed by atoms with Gasteiger partial charge in [0.2, 0.25) is 11.8 Å². The van der Waals surface area contributed by atoms with E-state index in [-0.39, 0.29) is 23.7 Å². The smallest absolute Gasteiger partial charge is 0.254 e. The monoisotopic (exact) mass is 498 g/mol. The van der Waals surface area contributed by atoms with Crippen LogP contribution in [0.15, 0.2) is 58.3 Å². The standard InChI is InChI=1S/C27H26N6O2S/c1-17-16-36-24(30-17)22-9-6-10-33(22)25(34)21-12-19(15-28)11-20(13-21)23-31-32-26(35-23)27(2,29)14-18-7-4-3-5-8-18/h3-5,7-8,11-13,16,22H,6,9-10,14,29H2,1-2H3/t22-,27+/m1/s1. The van der Waals surface area contributed by atoms with E-state index < -0.39 is 5.54 Å². The van der Waals surface area contributed by atoms with Crippen molar-refractivity contribution < 1.29 is 9.21 Å². The third kappa shape index (κ3) is 4.78. The fourth-order valence-electron chi connectivity index (χ4n) is 4.56. The molecule has 0 aliphatic carbocycles. The molecule has 3 heterocycles. The highest BCUT2D eigenvalue weighted by Crippen LogP contribution is 2.35. The first-order valence-corrected chi connectivity index (χ1v) is 12.7. The second kappa shape index (κ2) is 9.64. The van der Waals surface area contributed by atoms with E-state index in [1.54, 1.807) is 29.5 Å². The number of amides is 1. The zero-order valence-corrected chi connectivity index (χ0v) is 21.0. The summed E-state index contributed by atoms with van der Waals surface area (Å²) in [6.07, 6.45) is 2.29. The molecule has 2 aromatic heterocycles. The van der Waals surface area contributed by atoms with E-state index in [4.69, 9.17) is 10.2 Å². The lowest BCUT2D eigenvalue weighted by molar-refractivity contribution is 0.0735. The van der Waals surface area contributed by atoms with E-state index in [0.29, 0.717) is 29.7 Å². The first-order chi connectivity index (χ1) is 17.3. The third-order valence-electron chi connectivity index (χ3n) is 6.32. The number of hydrogen-bond acceptors (Lipinski definition) is 8. The molecule has 182 valence electrons. The van der Waals surface area contributed by atoms with Gasteiger partial charge in [0.1, 0.15) is 5.01 Å². The molecule has 0 radical (unpaired) electrons. The minimum atomic E-state index is -0.882. The molecule has 0 saturated carbocycles. The van der Waals surface area contributed by atoms with E-state index in [9.17, 15) is 10.1 Å².